The number of ether oxygens (including phenoxy) is 1. The molecule has 2 aromatic rings. The Kier molecular flexibility index (Phi) is 4.94. The third-order valence-corrected chi connectivity index (χ3v) is 4.48. The molecule has 1 aliphatic carbocycles. The molecular formula is C18H26N2O. The van der Waals surface area contributed by atoms with E-state index < -0.39 is 0 Å². The highest BCUT2D eigenvalue weighted by atomic mass is 16.5. The number of aryl methyl sites for hydroxylation is 1. The molecule has 1 fully saturated rings. The maximum atomic E-state index is 5.95. The van der Waals surface area contributed by atoms with Gasteiger partial charge in [-0.25, -0.2) is 0 Å². The van der Waals surface area contributed by atoms with Crippen molar-refractivity contribution in [3.8, 4) is 0 Å². The van der Waals surface area contributed by atoms with Crippen molar-refractivity contribution in [3.63, 3.8) is 0 Å². The Bertz CT molecular complexity index is 570. The van der Waals surface area contributed by atoms with E-state index in [0.717, 1.165) is 19.7 Å². The third kappa shape index (κ3) is 3.66. The van der Waals surface area contributed by atoms with Crippen LogP contribution in [0.1, 0.15) is 37.7 Å². The van der Waals surface area contributed by atoms with Crippen LogP contribution >= 0.6 is 0 Å². The molecule has 0 unspecified atom stereocenters. The lowest BCUT2D eigenvalue weighted by molar-refractivity contribution is 0.0302. The van der Waals surface area contributed by atoms with Crippen molar-refractivity contribution in [1.29, 1.82) is 0 Å². The Balaban J connectivity index is 1.44. The Hall–Kier alpha value is -1.32. The summed E-state index contributed by atoms with van der Waals surface area (Å²) in [4.78, 5) is 0. The van der Waals surface area contributed by atoms with Gasteiger partial charge in [0.1, 0.15) is 0 Å². The first kappa shape index (κ1) is 14.6. The van der Waals surface area contributed by atoms with Gasteiger partial charge in [-0.05, 0) is 24.5 Å². The summed E-state index contributed by atoms with van der Waals surface area (Å²) >= 11 is 0. The Morgan fingerprint density at radius 1 is 1.19 bits per heavy atom. The second kappa shape index (κ2) is 7.10. The van der Waals surface area contributed by atoms with Crippen LogP contribution < -0.4 is 5.32 Å². The number of aromatic nitrogens is 1. The molecule has 0 aliphatic heterocycles. The van der Waals surface area contributed by atoms with E-state index in [9.17, 15) is 0 Å². The lowest BCUT2D eigenvalue weighted by Gasteiger charge is -2.22. The van der Waals surface area contributed by atoms with Gasteiger partial charge in [-0.1, -0.05) is 37.5 Å². The molecule has 1 N–H and O–H groups in total. The summed E-state index contributed by atoms with van der Waals surface area (Å²) in [5.41, 5.74) is 2.67. The lowest BCUT2D eigenvalue weighted by atomic mass is 9.98. The van der Waals surface area contributed by atoms with Crippen LogP contribution in [0.3, 0.4) is 0 Å². The van der Waals surface area contributed by atoms with E-state index in [4.69, 9.17) is 4.74 Å². The van der Waals surface area contributed by atoms with Gasteiger partial charge in [0.05, 0.1) is 12.7 Å². The fraction of sp³-hybridized carbons (Fsp3) is 0.556. The summed E-state index contributed by atoms with van der Waals surface area (Å²) in [5.74, 6) is 0. The molecule has 114 valence electrons. The van der Waals surface area contributed by atoms with Crippen molar-refractivity contribution in [2.45, 2.75) is 44.8 Å². The van der Waals surface area contributed by atoms with Gasteiger partial charge >= 0.3 is 0 Å². The molecule has 0 amide bonds. The van der Waals surface area contributed by atoms with Gasteiger partial charge in [-0.3, -0.25) is 0 Å². The van der Waals surface area contributed by atoms with Crippen molar-refractivity contribution < 1.29 is 4.74 Å². The van der Waals surface area contributed by atoms with Crippen LogP contribution in [0.15, 0.2) is 30.5 Å². The van der Waals surface area contributed by atoms with E-state index in [1.807, 2.05) is 0 Å². The van der Waals surface area contributed by atoms with Gasteiger partial charge in [-0.15, -0.1) is 0 Å². The maximum Gasteiger partial charge on any atom is 0.0594 e. The van der Waals surface area contributed by atoms with Crippen molar-refractivity contribution >= 4 is 10.9 Å². The second-order valence-electron chi connectivity index (χ2n) is 6.09. The zero-order chi connectivity index (χ0) is 14.5. The summed E-state index contributed by atoms with van der Waals surface area (Å²) in [5, 5.41) is 4.86. The first-order valence-electron chi connectivity index (χ1n) is 8.20. The van der Waals surface area contributed by atoms with Gasteiger partial charge in [0.2, 0.25) is 0 Å². The van der Waals surface area contributed by atoms with E-state index in [2.05, 4.69) is 47.4 Å². The monoisotopic (exact) mass is 286 g/mol. The number of fused-ring (bicyclic) bond motifs is 1. The molecule has 0 radical (unpaired) electrons. The molecule has 0 atom stereocenters. The van der Waals surface area contributed by atoms with Crippen LogP contribution in [0.5, 0.6) is 0 Å². The van der Waals surface area contributed by atoms with Crippen molar-refractivity contribution in [3.05, 3.63) is 36.0 Å². The quantitative estimate of drug-likeness (QED) is 0.821. The summed E-state index contributed by atoms with van der Waals surface area (Å²) < 4.78 is 8.15. The van der Waals surface area contributed by atoms with Crippen molar-refractivity contribution in [1.82, 2.24) is 9.88 Å². The van der Waals surface area contributed by atoms with Crippen LogP contribution in [-0.2, 0) is 18.3 Å². The standard InChI is InChI=1S/C18H26N2O/c1-20-14-15(17-9-5-6-10-18(17)20)13-19-11-12-21-16-7-3-2-4-8-16/h5-6,9-10,14,16,19H,2-4,7-8,11-13H2,1H3. The van der Waals surface area contributed by atoms with E-state index in [-0.39, 0.29) is 0 Å². The molecule has 1 aromatic carbocycles. The molecule has 0 bridgehead atoms. The van der Waals surface area contributed by atoms with Gasteiger partial charge in [0.15, 0.2) is 0 Å². The number of nitrogens with one attached hydrogen (secondary N) is 1. The summed E-state index contributed by atoms with van der Waals surface area (Å²) in [6.45, 7) is 2.67. The third-order valence-electron chi connectivity index (χ3n) is 4.48. The first-order chi connectivity index (χ1) is 10.3. The van der Waals surface area contributed by atoms with E-state index in [0.29, 0.717) is 6.10 Å². The lowest BCUT2D eigenvalue weighted by Crippen LogP contribution is -2.24. The molecule has 3 nitrogen and oxygen atoms in total. The van der Waals surface area contributed by atoms with Crippen LogP contribution in [0.4, 0.5) is 0 Å². The van der Waals surface area contributed by atoms with Gasteiger partial charge < -0.3 is 14.6 Å². The predicted molar refractivity (Wildman–Crippen MR) is 87.5 cm³/mol. The average molecular weight is 286 g/mol. The number of hydrogen-bond acceptors (Lipinski definition) is 2. The minimum absolute atomic E-state index is 0.512. The van der Waals surface area contributed by atoms with E-state index in [1.54, 1.807) is 0 Å². The van der Waals surface area contributed by atoms with Crippen molar-refractivity contribution in [2.75, 3.05) is 13.2 Å². The molecule has 3 rings (SSSR count). The smallest absolute Gasteiger partial charge is 0.0594 e. The summed E-state index contributed by atoms with van der Waals surface area (Å²) in [6.07, 6.45) is 9.31. The van der Waals surface area contributed by atoms with Crippen LogP contribution in [0.25, 0.3) is 10.9 Å². The molecule has 0 saturated heterocycles. The molecule has 21 heavy (non-hydrogen) atoms. The van der Waals surface area contributed by atoms with Gasteiger partial charge in [-0.2, -0.15) is 0 Å². The van der Waals surface area contributed by atoms with Crippen molar-refractivity contribution in [2.24, 2.45) is 7.05 Å². The molecule has 1 aromatic heterocycles. The average Bonchev–Trinajstić information content (AvgIpc) is 2.85. The zero-order valence-corrected chi connectivity index (χ0v) is 13.0. The molecule has 0 spiro atoms. The van der Waals surface area contributed by atoms with E-state index in [1.165, 1.54) is 48.6 Å². The Labute approximate surface area is 127 Å². The Morgan fingerprint density at radius 2 is 2.00 bits per heavy atom. The topological polar surface area (TPSA) is 26.2 Å². The van der Waals surface area contributed by atoms with Gasteiger partial charge in [0.25, 0.3) is 0 Å². The largest absolute Gasteiger partial charge is 0.377 e. The molecule has 1 saturated carbocycles. The minimum atomic E-state index is 0.512. The first-order valence-corrected chi connectivity index (χ1v) is 8.20. The Morgan fingerprint density at radius 3 is 2.86 bits per heavy atom. The second-order valence-corrected chi connectivity index (χ2v) is 6.09. The summed E-state index contributed by atoms with van der Waals surface area (Å²) in [7, 11) is 2.11. The van der Waals surface area contributed by atoms with E-state index >= 15 is 0 Å². The zero-order valence-electron chi connectivity index (χ0n) is 13.0. The highest BCUT2D eigenvalue weighted by Gasteiger charge is 2.13. The molecule has 1 heterocycles. The SMILES string of the molecule is Cn1cc(CNCCOC2CCCCC2)c2ccccc21. The molecule has 1 aliphatic rings. The fourth-order valence-corrected chi connectivity index (χ4v) is 3.32. The highest BCUT2D eigenvalue weighted by molar-refractivity contribution is 5.83. The van der Waals surface area contributed by atoms with Crippen LogP contribution in [0.2, 0.25) is 0 Å². The van der Waals surface area contributed by atoms with Crippen LogP contribution in [-0.4, -0.2) is 23.8 Å². The fourth-order valence-electron chi connectivity index (χ4n) is 3.32. The number of para-hydroxylation sites is 1. The maximum absolute atomic E-state index is 5.95. The molecule has 3 heteroatoms. The number of benzene rings is 1. The molecular weight excluding hydrogens is 260 g/mol. The minimum Gasteiger partial charge on any atom is -0.377 e. The number of rotatable bonds is 6. The van der Waals surface area contributed by atoms with Gasteiger partial charge in [0, 0.05) is 37.2 Å². The summed E-state index contributed by atoms with van der Waals surface area (Å²) in [6, 6.07) is 8.57. The normalized spacial score (nSPS) is 16.6. The predicted octanol–water partition coefficient (Wildman–Crippen LogP) is 3.62. The number of hydrogen-bond donors (Lipinski definition) is 1. The highest BCUT2D eigenvalue weighted by Crippen LogP contribution is 2.21. The number of nitrogens with zero attached hydrogens (tertiary/aromatic N) is 1. The van der Waals surface area contributed by atoms with Crippen LogP contribution in [0, 0.1) is 0 Å².